The summed E-state index contributed by atoms with van der Waals surface area (Å²) in [6.45, 7) is 8.79. The Hall–Kier alpha value is -0.980. The van der Waals surface area contributed by atoms with Crippen LogP contribution in [-0.2, 0) is 0 Å². The lowest BCUT2D eigenvalue weighted by atomic mass is 10.1. The van der Waals surface area contributed by atoms with Crippen LogP contribution in [0.2, 0.25) is 0 Å². The highest BCUT2D eigenvalue weighted by Crippen LogP contribution is 2.13. The Morgan fingerprint density at radius 1 is 1.15 bits per heavy atom. The molecular weight excluding hydrogens is 158 g/mol. The summed E-state index contributed by atoms with van der Waals surface area (Å²) in [6.07, 6.45) is 0. The molecule has 0 unspecified atom stereocenters. The molecule has 0 radical (unpaired) electrons. The van der Waals surface area contributed by atoms with Gasteiger partial charge in [-0.1, -0.05) is 26.0 Å². The first kappa shape index (κ1) is 10.1. The molecule has 1 rings (SSSR count). The van der Waals surface area contributed by atoms with E-state index in [0.717, 1.165) is 0 Å². The number of benzene rings is 1. The second kappa shape index (κ2) is 4.31. The van der Waals surface area contributed by atoms with Gasteiger partial charge in [-0.25, -0.2) is 0 Å². The van der Waals surface area contributed by atoms with Crippen molar-refractivity contribution in [3.63, 3.8) is 0 Å². The van der Waals surface area contributed by atoms with Crippen LogP contribution in [0.5, 0.6) is 0 Å². The molecule has 0 aliphatic rings. The van der Waals surface area contributed by atoms with Gasteiger partial charge in [-0.3, -0.25) is 0 Å². The number of rotatable bonds is 3. The number of anilines is 1. The summed E-state index contributed by atoms with van der Waals surface area (Å²) in [4.78, 5) is 0. The van der Waals surface area contributed by atoms with Gasteiger partial charge in [0.1, 0.15) is 0 Å². The molecule has 1 heteroatoms. The number of aryl methyl sites for hydroxylation is 1. The van der Waals surface area contributed by atoms with Gasteiger partial charge in [0, 0.05) is 11.7 Å². The highest BCUT2D eigenvalue weighted by Gasteiger charge is 2.05. The van der Waals surface area contributed by atoms with Crippen LogP contribution in [0.3, 0.4) is 0 Å². The molecule has 0 fully saturated rings. The summed E-state index contributed by atoms with van der Waals surface area (Å²) >= 11 is 0. The first-order valence-electron chi connectivity index (χ1n) is 4.93. The van der Waals surface area contributed by atoms with Gasteiger partial charge in [0.05, 0.1) is 0 Å². The summed E-state index contributed by atoms with van der Waals surface area (Å²) in [5, 5.41) is 3.48. The topological polar surface area (TPSA) is 12.0 Å². The summed E-state index contributed by atoms with van der Waals surface area (Å²) in [6, 6.07) is 9.03. The molecule has 0 aromatic heterocycles. The molecule has 0 saturated heterocycles. The van der Waals surface area contributed by atoms with Gasteiger partial charge in [0.25, 0.3) is 0 Å². The smallest absolute Gasteiger partial charge is 0.0344 e. The molecule has 0 bridgehead atoms. The highest BCUT2D eigenvalue weighted by atomic mass is 14.9. The molecule has 1 atom stereocenters. The van der Waals surface area contributed by atoms with Crippen LogP contribution < -0.4 is 5.32 Å². The molecule has 13 heavy (non-hydrogen) atoms. The molecule has 0 aliphatic carbocycles. The number of hydrogen-bond donors (Lipinski definition) is 1. The molecule has 0 amide bonds. The second-order valence-corrected chi connectivity index (χ2v) is 4.05. The van der Waals surface area contributed by atoms with Crippen LogP contribution in [0.1, 0.15) is 26.3 Å². The van der Waals surface area contributed by atoms with Crippen LogP contribution in [0, 0.1) is 12.8 Å². The summed E-state index contributed by atoms with van der Waals surface area (Å²) in [5.41, 5.74) is 2.53. The van der Waals surface area contributed by atoms with Gasteiger partial charge in [-0.05, 0) is 37.5 Å². The van der Waals surface area contributed by atoms with E-state index < -0.39 is 0 Å². The van der Waals surface area contributed by atoms with Crippen molar-refractivity contribution in [3.05, 3.63) is 29.8 Å². The Labute approximate surface area is 81.2 Å². The zero-order chi connectivity index (χ0) is 9.84. The predicted octanol–water partition coefficient (Wildman–Crippen LogP) is 3.45. The molecule has 72 valence electrons. The minimum Gasteiger partial charge on any atom is -0.382 e. The van der Waals surface area contributed by atoms with E-state index in [1.165, 1.54) is 11.3 Å². The second-order valence-electron chi connectivity index (χ2n) is 4.05. The van der Waals surface area contributed by atoms with Crippen molar-refractivity contribution in [1.29, 1.82) is 0 Å². The largest absolute Gasteiger partial charge is 0.382 e. The van der Waals surface area contributed by atoms with E-state index in [2.05, 4.69) is 57.3 Å². The Kier molecular flexibility index (Phi) is 3.35. The van der Waals surface area contributed by atoms with Crippen LogP contribution in [-0.4, -0.2) is 6.04 Å². The third kappa shape index (κ3) is 3.10. The van der Waals surface area contributed by atoms with E-state index in [0.29, 0.717) is 12.0 Å². The number of hydrogen-bond acceptors (Lipinski definition) is 1. The van der Waals surface area contributed by atoms with Crippen LogP contribution in [0.4, 0.5) is 5.69 Å². The van der Waals surface area contributed by atoms with Crippen LogP contribution in [0.15, 0.2) is 24.3 Å². The van der Waals surface area contributed by atoms with E-state index in [-0.39, 0.29) is 0 Å². The molecule has 1 aromatic rings. The van der Waals surface area contributed by atoms with Crippen molar-refractivity contribution in [2.75, 3.05) is 5.32 Å². The average Bonchev–Trinajstić information content (AvgIpc) is 2.04. The molecule has 0 saturated carbocycles. The van der Waals surface area contributed by atoms with Crippen molar-refractivity contribution in [2.45, 2.75) is 33.7 Å². The minimum absolute atomic E-state index is 0.529. The average molecular weight is 177 g/mol. The fourth-order valence-corrected chi connectivity index (χ4v) is 1.16. The maximum Gasteiger partial charge on any atom is 0.0344 e. The lowest BCUT2D eigenvalue weighted by molar-refractivity contribution is 0.560. The third-order valence-electron chi connectivity index (χ3n) is 2.41. The van der Waals surface area contributed by atoms with Gasteiger partial charge < -0.3 is 5.32 Å². The molecular formula is C12H19N. The van der Waals surface area contributed by atoms with Gasteiger partial charge >= 0.3 is 0 Å². The molecule has 1 N–H and O–H groups in total. The highest BCUT2D eigenvalue weighted by molar-refractivity contribution is 5.46. The van der Waals surface area contributed by atoms with Crippen molar-refractivity contribution >= 4 is 5.69 Å². The van der Waals surface area contributed by atoms with Crippen molar-refractivity contribution < 1.29 is 0 Å². The maximum absolute atomic E-state index is 3.48. The Morgan fingerprint density at radius 3 is 2.38 bits per heavy atom. The van der Waals surface area contributed by atoms with E-state index in [9.17, 15) is 0 Å². The van der Waals surface area contributed by atoms with Crippen molar-refractivity contribution in [3.8, 4) is 0 Å². The zero-order valence-electron chi connectivity index (χ0n) is 8.96. The monoisotopic (exact) mass is 177 g/mol. The van der Waals surface area contributed by atoms with Crippen molar-refractivity contribution in [2.24, 2.45) is 5.92 Å². The van der Waals surface area contributed by atoms with E-state index in [4.69, 9.17) is 0 Å². The third-order valence-corrected chi connectivity index (χ3v) is 2.41. The van der Waals surface area contributed by atoms with Crippen molar-refractivity contribution in [1.82, 2.24) is 0 Å². The first-order chi connectivity index (χ1) is 6.09. The quantitative estimate of drug-likeness (QED) is 0.745. The molecule has 0 spiro atoms. The first-order valence-corrected chi connectivity index (χ1v) is 4.93. The Balaban J connectivity index is 2.64. The summed E-state index contributed by atoms with van der Waals surface area (Å²) in [7, 11) is 0. The van der Waals surface area contributed by atoms with E-state index >= 15 is 0 Å². The summed E-state index contributed by atoms with van der Waals surface area (Å²) < 4.78 is 0. The van der Waals surface area contributed by atoms with Gasteiger partial charge in [0.2, 0.25) is 0 Å². The minimum atomic E-state index is 0.529. The van der Waals surface area contributed by atoms with E-state index in [1.807, 2.05) is 0 Å². The van der Waals surface area contributed by atoms with Gasteiger partial charge in [0.15, 0.2) is 0 Å². The van der Waals surface area contributed by atoms with Crippen LogP contribution >= 0.6 is 0 Å². The van der Waals surface area contributed by atoms with E-state index in [1.54, 1.807) is 0 Å². The molecule has 0 heterocycles. The Morgan fingerprint density at radius 2 is 1.85 bits per heavy atom. The fraction of sp³-hybridized carbons (Fsp3) is 0.500. The maximum atomic E-state index is 3.48. The van der Waals surface area contributed by atoms with Gasteiger partial charge in [-0.2, -0.15) is 0 Å². The van der Waals surface area contributed by atoms with Crippen LogP contribution in [0.25, 0.3) is 0 Å². The zero-order valence-corrected chi connectivity index (χ0v) is 8.96. The summed E-state index contributed by atoms with van der Waals surface area (Å²) in [5.74, 6) is 0.667. The van der Waals surface area contributed by atoms with Gasteiger partial charge in [-0.15, -0.1) is 0 Å². The predicted molar refractivity (Wildman–Crippen MR) is 59.1 cm³/mol. The molecule has 0 aliphatic heterocycles. The number of nitrogens with one attached hydrogen (secondary N) is 1. The molecule has 1 aromatic carbocycles. The fourth-order valence-electron chi connectivity index (χ4n) is 1.16. The SMILES string of the molecule is Cc1cccc(N[C@H](C)C(C)C)c1. The lowest BCUT2D eigenvalue weighted by Gasteiger charge is -2.18. The lowest BCUT2D eigenvalue weighted by Crippen LogP contribution is -2.21. The normalized spacial score (nSPS) is 13.0. The standard InChI is InChI=1S/C12H19N/c1-9(2)11(4)13-12-7-5-6-10(3)8-12/h5-9,11,13H,1-4H3/t11-/m1/s1. The molecule has 1 nitrogen and oxygen atoms in total. The Bertz CT molecular complexity index is 266.